The summed E-state index contributed by atoms with van der Waals surface area (Å²) < 4.78 is 0. The van der Waals surface area contributed by atoms with E-state index >= 15 is 0 Å². The number of hydrogen-bond acceptors (Lipinski definition) is 0. The molecule has 6 heteroatoms. The van der Waals surface area contributed by atoms with Crippen LogP contribution >= 0.6 is 0 Å². The SMILES string of the molecule is O.O.[Co].[Mn].[Mn].[Ni]. The maximum absolute atomic E-state index is 0. The first-order chi connectivity index (χ1) is 0. The van der Waals surface area contributed by atoms with E-state index in [9.17, 15) is 0 Å². The molecule has 0 aliphatic carbocycles. The van der Waals surface area contributed by atoms with Crippen molar-refractivity contribution in [2.75, 3.05) is 0 Å². The first kappa shape index (κ1) is 100. The summed E-state index contributed by atoms with van der Waals surface area (Å²) in [7, 11) is 0. The fraction of sp³-hybridized carbons (Fsp3) is 0. The van der Waals surface area contributed by atoms with Gasteiger partial charge in [-0.1, -0.05) is 0 Å². The zero-order chi connectivity index (χ0) is 0. The molecule has 3 radical (unpaired) electrons. The molecule has 0 aromatic carbocycles. The third-order valence-corrected chi connectivity index (χ3v) is 0. The molecule has 0 aromatic rings. The Balaban J connectivity index is 0. The van der Waals surface area contributed by atoms with Crippen molar-refractivity contribution in [2.45, 2.75) is 0 Å². The second-order valence-electron chi connectivity index (χ2n) is 0. The van der Waals surface area contributed by atoms with E-state index in [-0.39, 0.29) is 78.4 Å². The molecule has 0 aromatic heterocycles. The maximum Gasteiger partial charge on any atom is 0 e. The van der Waals surface area contributed by atoms with Crippen molar-refractivity contribution in [3.05, 3.63) is 0 Å². The van der Waals surface area contributed by atoms with Crippen LogP contribution in [0.15, 0.2) is 0 Å². The van der Waals surface area contributed by atoms with E-state index in [0.717, 1.165) is 0 Å². The van der Waals surface area contributed by atoms with Crippen molar-refractivity contribution in [1.82, 2.24) is 0 Å². The van der Waals surface area contributed by atoms with Crippen molar-refractivity contribution in [3.63, 3.8) is 0 Å². The van der Waals surface area contributed by atoms with Crippen LogP contribution in [0.2, 0.25) is 0 Å². The average Bonchev–Trinajstić information content (AvgIpc) is 0. The Morgan fingerprint density at radius 3 is 0.667 bits per heavy atom. The van der Waals surface area contributed by atoms with Gasteiger partial charge < -0.3 is 11.0 Å². The molecule has 0 bridgehead atoms. The molecule has 49 valence electrons. The van der Waals surface area contributed by atoms with Crippen LogP contribution in [0.3, 0.4) is 0 Å². The normalized spacial score (nSPS) is 0. The fourth-order valence-corrected chi connectivity index (χ4v) is 0. The molecule has 0 saturated carbocycles. The Bertz CT molecular complexity index is 11.5. The molecule has 0 rings (SSSR count). The second-order valence-corrected chi connectivity index (χ2v) is 0. The van der Waals surface area contributed by atoms with E-state index < -0.39 is 0 Å². The summed E-state index contributed by atoms with van der Waals surface area (Å²) in [5.41, 5.74) is 0. The molecule has 6 heavy (non-hydrogen) atoms. The van der Waals surface area contributed by atoms with E-state index in [1.807, 2.05) is 0 Å². The van der Waals surface area contributed by atoms with Crippen LogP contribution in [-0.4, -0.2) is 11.0 Å². The van der Waals surface area contributed by atoms with Crippen LogP contribution in [0, 0.1) is 0 Å². The minimum absolute atomic E-state index is 0. The monoisotopic (exact) mass is 263 g/mol. The Labute approximate surface area is 77.9 Å². The van der Waals surface area contributed by atoms with Crippen LogP contribution < -0.4 is 0 Å². The minimum atomic E-state index is 0. The largest absolute Gasteiger partial charge is 0.412 e. The topological polar surface area (TPSA) is 63.0 Å². The smallest absolute Gasteiger partial charge is 0 e. The van der Waals surface area contributed by atoms with Crippen LogP contribution in [0.5, 0.6) is 0 Å². The molecule has 0 unspecified atom stereocenters. The molecule has 0 saturated heterocycles. The third kappa shape index (κ3) is 38.2. The molecular weight excluding hydrogens is 260 g/mol. The molecule has 4 N–H and O–H groups in total. The standard InChI is InChI=1S/Co.2Mn.Ni.2H2O/h;;;;2*1H2. The number of hydrogen-bond donors (Lipinski definition) is 0. The van der Waals surface area contributed by atoms with Gasteiger partial charge in [0.25, 0.3) is 0 Å². The fourth-order valence-electron chi connectivity index (χ4n) is 0. The Morgan fingerprint density at radius 2 is 0.667 bits per heavy atom. The van der Waals surface area contributed by atoms with Crippen LogP contribution in [-0.2, 0) is 67.4 Å². The van der Waals surface area contributed by atoms with Gasteiger partial charge in [0.15, 0.2) is 0 Å². The van der Waals surface area contributed by atoms with Gasteiger partial charge in [0.05, 0.1) is 0 Å². The van der Waals surface area contributed by atoms with Gasteiger partial charge >= 0.3 is 0 Å². The van der Waals surface area contributed by atoms with E-state index in [0.29, 0.717) is 0 Å². The van der Waals surface area contributed by atoms with Crippen molar-refractivity contribution < 1.29 is 78.4 Å². The summed E-state index contributed by atoms with van der Waals surface area (Å²) in [6.07, 6.45) is 0. The van der Waals surface area contributed by atoms with Gasteiger partial charge in [-0.15, -0.1) is 0 Å². The van der Waals surface area contributed by atoms with Crippen molar-refractivity contribution >= 4 is 0 Å². The summed E-state index contributed by atoms with van der Waals surface area (Å²) in [6, 6.07) is 0. The third-order valence-electron chi connectivity index (χ3n) is 0. The van der Waals surface area contributed by atoms with Crippen LogP contribution in [0.4, 0.5) is 0 Å². The van der Waals surface area contributed by atoms with Gasteiger partial charge in [-0.3, -0.25) is 0 Å². The molecule has 0 heterocycles. The van der Waals surface area contributed by atoms with Crippen molar-refractivity contribution in [3.8, 4) is 0 Å². The zero-order valence-corrected chi connectivity index (χ0v) is 6.79. The molecule has 0 aliphatic heterocycles. The van der Waals surface area contributed by atoms with Gasteiger partial charge in [0.2, 0.25) is 0 Å². The van der Waals surface area contributed by atoms with E-state index in [4.69, 9.17) is 0 Å². The molecule has 2 nitrogen and oxygen atoms in total. The minimum Gasteiger partial charge on any atom is -0.412 e. The predicted molar refractivity (Wildman–Crippen MR) is 7.23 cm³/mol. The van der Waals surface area contributed by atoms with Crippen LogP contribution in [0.1, 0.15) is 0 Å². The maximum atomic E-state index is 0. The molecule has 0 fully saturated rings. The van der Waals surface area contributed by atoms with Crippen molar-refractivity contribution in [2.24, 2.45) is 0 Å². The predicted octanol–water partition coefficient (Wildman–Crippen LogP) is -1.66. The Kier molecular flexibility index (Phi) is 1080. The summed E-state index contributed by atoms with van der Waals surface area (Å²) in [5, 5.41) is 0. The Morgan fingerprint density at radius 1 is 0.667 bits per heavy atom. The average molecular weight is 264 g/mol. The molecule has 0 amide bonds. The summed E-state index contributed by atoms with van der Waals surface area (Å²) in [4.78, 5) is 0. The van der Waals surface area contributed by atoms with Gasteiger partial charge in [0.1, 0.15) is 0 Å². The van der Waals surface area contributed by atoms with E-state index in [2.05, 4.69) is 0 Å². The first-order valence-corrected chi connectivity index (χ1v) is 0. The summed E-state index contributed by atoms with van der Waals surface area (Å²) in [6.45, 7) is 0. The quantitative estimate of drug-likeness (QED) is 0.470. The second kappa shape index (κ2) is 64.4. The van der Waals surface area contributed by atoms with E-state index in [1.54, 1.807) is 0 Å². The zero-order valence-electron chi connectivity index (χ0n) is 2.41. The summed E-state index contributed by atoms with van der Waals surface area (Å²) >= 11 is 0. The molecular formula is H4CoMn2NiO2. The van der Waals surface area contributed by atoms with E-state index in [1.165, 1.54) is 0 Å². The first-order valence-electron chi connectivity index (χ1n) is 0. The molecule has 0 atom stereocenters. The molecule has 0 spiro atoms. The summed E-state index contributed by atoms with van der Waals surface area (Å²) in [5.74, 6) is 0. The van der Waals surface area contributed by atoms with Gasteiger partial charge in [-0.25, -0.2) is 0 Å². The van der Waals surface area contributed by atoms with Crippen LogP contribution in [0.25, 0.3) is 0 Å². The van der Waals surface area contributed by atoms with Crippen molar-refractivity contribution in [1.29, 1.82) is 0 Å². The van der Waals surface area contributed by atoms with Gasteiger partial charge in [-0.05, 0) is 0 Å². The Hall–Kier alpha value is 1.96. The van der Waals surface area contributed by atoms with Gasteiger partial charge in [0, 0.05) is 67.4 Å². The molecule has 0 aliphatic rings. The number of rotatable bonds is 0. The van der Waals surface area contributed by atoms with Gasteiger partial charge in [-0.2, -0.15) is 0 Å².